The fourth-order valence-corrected chi connectivity index (χ4v) is 2.06. The minimum atomic E-state index is -0.222. The number of carbonyl (C=O) groups is 2. The zero-order chi connectivity index (χ0) is 14.0. The van der Waals surface area contributed by atoms with Crippen molar-refractivity contribution in [3.8, 4) is 0 Å². The fourth-order valence-electron chi connectivity index (χ4n) is 1.64. The van der Waals surface area contributed by atoms with Crippen molar-refractivity contribution < 1.29 is 9.59 Å². The van der Waals surface area contributed by atoms with Gasteiger partial charge in [0, 0.05) is 23.1 Å². The highest BCUT2D eigenvalue weighted by molar-refractivity contribution is 9.10. The van der Waals surface area contributed by atoms with Gasteiger partial charge in [0.05, 0.1) is 11.6 Å². The molecule has 2 amide bonds. The number of nitrogens with one attached hydrogen (secondary N) is 1. The predicted octanol–water partition coefficient (Wildman–Crippen LogP) is 2.45. The number of amides is 2. The molecule has 0 heterocycles. The smallest absolute Gasteiger partial charge is 0.254 e. The molecule has 1 aliphatic carbocycles. The standard InChI is InChI=1S/C13H14BrClN2O2/c1-17(7-12(18)16-9-3-4-9)13(19)8-2-5-10(14)11(15)6-8/h2,5-6,9H,3-4,7H2,1H3,(H,16,18). The van der Waals surface area contributed by atoms with Crippen LogP contribution in [0.25, 0.3) is 0 Å². The summed E-state index contributed by atoms with van der Waals surface area (Å²) in [7, 11) is 1.60. The average molecular weight is 346 g/mol. The molecule has 0 bridgehead atoms. The third-order valence-corrected chi connectivity index (χ3v) is 4.07. The van der Waals surface area contributed by atoms with Gasteiger partial charge in [-0.05, 0) is 47.0 Å². The molecule has 1 aromatic rings. The normalized spacial score (nSPS) is 14.1. The average Bonchev–Trinajstić information content (AvgIpc) is 3.15. The first-order valence-corrected chi connectivity index (χ1v) is 7.14. The van der Waals surface area contributed by atoms with Crippen molar-refractivity contribution >= 4 is 39.3 Å². The summed E-state index contributed by atoms with van der Waals surface area (Å²) in [5.41, 5.74) is 0.468. The van der Waals surface area contributed by atoms with Gasteiger partial charge in [0.2, 0.25) is 5.91 Å². The van der Waals surface area contributed by atoms with E-state index in [0.717, 1.165) is 17.3 Å². The number of halogens is 2. The molecule has 1 aliphatic rings. The summed E-state index contributed by atoms with van der Waals surface area (Å²) in [6.45, 7) is 0.0585. The monoisotopic (exact) mass is 344 g/mol. The number of hydrogen-bond acceptors (Lipinski definition) is 2. The maximum absolute atomic E-state index is 12.1. The summed E-state index contributed by atoms with van der Waals surface area (Å²) in [5.74, 6) is -0.345. The van der Waals surface area contributed by atoms with Gasteiger partial charge in [0.15, 0.2) is 0 Å². The van der Waals surface area contributed by atoms with Crippen molar-refractivity contribution in [2.45, 2.75) is 18.9 Å². The number of carbonyl (C=O) groups excluding carboxylic acids is 2. The second-order valence-corrected chi connectivity index (χ2v) is 5.89. The fraction of sp³-hybridized carbons (Fsp3) is 0.385. The molecule has 1 aromatic carbocycles. The lowest BCUT2D eigenvalue weighted by atomic mass is 10.2. The highest BCUT2D eigenvalue weighted by Gasteiger charge is 2.24. The second-order valence-electron chi connectivity index (χ2n) is 4.63. The predicted molar refractivity (Wildman–Crippen MR) is 77.3 cm³/mol. The van der Waals surface area contributed by atoms with Crippen molar-refractivity contribution in [1.82, 2.24) is 10.2 Å². The van der Waals surface area contributed by atoms with Gasteiger partial charge in [-0.1, -0.05) is 11.6 Å². The molecule has 102 valence electrons. The van der Waals surface area contributed by atoms with Crippen molar-refractivity contribution in [1.29, 1.82) is 0 Å². The SMILES string of the molecule is CN(CC(=O)NC1CC1)C(=O)c1ccc(Br)c(Cl)c1. The van der Waals surface area contributed by atoms with Crippen LogP contribution in [0.3, 0.4) is 0 Å². The van der Waals surface area contributed by atoms with Gasteiger partial charge < -0.3 is 10.2 Å². The van der Waals surface area contributed by atoms with Crippen LogP contribution >= 0.6 is 27.5 Å². The third-order valence-electron chi connectivity index (χ3n) is 2.84. The maximum atomic E-state index is 12.1. The molecule has 0 saturated heterocycles. The lowest BCUT2D eigenvalue weighted by molar-refractivity contribution is -0.121. The van der Waals surface area contributed by atoms with Crippen molar-refractivity contribution in [3.63, 3.8) is 0 Å². The molecule has 0 spiro atoms. The minimum absolute atomic E-state index is 0.0585. The lowest BCUT2D eigenvalue weighted by Crippen LogP contribution is -2.39. The molecule has 0 unspecified atom stereocenters. The van der Waals surface area contributed by atoms with E-state index < -0.39 is 0 Å². The Bertz CT molecular complexity index is 517. The molecule has 1 saturated carbocycles. The summed E-state index contributed by atoms with van der Waals surface area (Å²) in [5, 5.41) is 3.32. The molecule has 0 radical (unpaired) electrons. The molecule has 19 heavy (non-hydrogen) atoms. The Kier molecular flexibility index (Phi) is 4.47. The van der Waals surface area contributed by atoms with E-state index in [4.69, 9.17) is 11.6 Å². The van der Waals surface area contributed by atoms with Gasteiger partial charge in [-0.3, -0.25) is 9.59 Å². The Morgan fingerprint density at radius 3 is 2.74 bits per heavy atom. The van der Waals surface area contributed by atoms with Crippen molar-refractivity contribution in [2.24, 2.45) is 0 Å². The van der Waals surface area contributed by atoms with Crippen LogP contribution in [0.5, 0.6) is 0 Å². The van der Waals surface area contributed by atoms with Gasteiger partial charge in [-0.15, -0.1) is 0 Å². The van der Waals surface area contributed by atoms with E-state index >= 15 is 0 Å². The zero-order valence-electron chi connectivity index (χ0n) is 10.5. The first kappa shape index (κ1) is 14.3. The number of rotatable bonds is 4. The summed E-state index contributed by atoms with van der Waals surface area (Å²) >= 11 is 9.22. The summed E-state index contributed by atoms with van der Waals surface area (Å²) < 4.78 is 0.736. The zero-order valence-corrected chi connectivity index (χ0v) is 12.8. The summed E-state index contributed by atoms with van der Waals surface area (Å²) in [6, 6.07) is 5.28. The van der Waals surface area contributed by atoms with E-state index in [2.05, 4.69) is 21.2 Å². The Morgan fingerprint density at radius 2 is 2.16 bits per heavy atom. The van der Waals surface area contributed by atoms with E-state index in [1.54, 1.807) is 25.2 Å². The number of benzene rings is 1. The van der Waals surface area contributed by atoms with Gasteiger partial charge in [0.25, 0.3) is 5.91 Å². The molecule has 6 heteroatoms. The van der Waals surface area contributed by atoms with E-state index in [0.29, 0.717) is 16.6 Å². The number of nitrogens with zero attached hydrogens (tertiary/aromatic N) is 1. The molecule has 0 aromatic heterocycles. The quantitative estimate of drug-likeness (QED) is 0.911. The molecule has 2 rings (SSSR count). The first-order chi connectivity index (χ1) is 8.97. The topological polar surface area (TPSA) is 49.4 Å². The van der Waals surface area contributed by atoms with Gasteiger partial charge in [0.1, 0.15) is 0 Å². The van der Waals surface area contributed by atoms with E-state index in [9.17, 15) is 9.59 Å². The Hall–Kier alpha value is -1.07. The Balaban J connectivity index is 1.97. The Labute approximate surface area is 125 Å². The second kappa shape index (κ2) is 5.92. The maximum Gasteiger partial charge on any atom is 0.254 e. The summed E-state index contributed by atoms with van der Waals surface area (Å²) in [4.78, 5) is 25.1. The van der Waals surface area contributed by atoms with Crippen LogP contribution in [0, 0.1) is 0 Å². The first-order valence-electron chi connectivity index (χ1n) is 5.97. The van der Waals surface area contributed by atoms with Crippen LogP contribution in [0.2, 0.25) is 5.02 Å². The van der Waals surface area contributed by atoms with Gasteiger partial charge in [-0.2, -0.15) is 0 Å². The Morgan fingerprint density at radius 1 is 1.47 bits per heavy atom. The molecule has 0 aliphatic heterocycles. The molecular weight excluding hydrogens is 332 g/mol. The van der Waals surface area contributed by atoms with Gasteiger partial charge in [-0.25, -0.2) is 0 Å². The van der Waals surface area contributed by atoms with Crippen molar-refractivity contribution in [2.75, 3.05) is 13.6 Å². The van der Waals surface area contributed by atoms with Crippen LogP contribution in [0.15, 0.2) is 22.7 Å². The molecular formula is C13H14BrClN2O2. The molecule has 1 N–H and O–H groups in total. The number of likely N-dealkylation sites (N-methyl/N-ethyl adjacent to an activating group) is 1. The largest absolute Gasteiger partial charge is 0.352 e. The van der Waals surface area contributed by atoms with Crippen LogP contribution in [-0.4, -0.2) is 36.3 Å². The highest BCUT2D eigenvalue weighted by Crippen LogP contribution is 2.23. The minimum Gasteiger partial charge on any atom is -0.352 e. The van der Waals surface area contributed by atoms with Crippen LogP contribution in [-0.2, 0) is 4.79 Å². The van der Waals surface area contributed by atoms with Crippen LogP contribution in [0.1, 0.15) is 23.2 Å². The molecule has 4 nitrogen and oxygen atoms in total. The van der Waals surface area contributed by atoms with E-state index in [1.165, 1.54) is 4.90 Å². The third kappa shape index (κ3) is 3.94. The lowest BCUT2D eigenvalue weighted by Gasteiger charge is -2.17. The number of hydrogen-bond donors (Lipinski definition) is 1. The van der Waals surface area contributed by atoms with Crippen LogP contribution < -0.4 is 5.32 Å². The molecule has 1 fully saturated rings. The van der Waals surface area contributed by atoms with Crippen molar-refractivity contribution in [3.05, 3.63) is 33.3 Å². The highest BCUT2D eigenvalue weighted by atomic mass is 79.9. The van der Waals surface area contributed by atoms with E-state index in [1.807, 2.05) is 0 Å². The van der Waals surface area contributed by atoms with Crippen LogP contribution in [0.4, 0.5) is 0 Å². The van der Waals surface area contributed by atoms with Gasteiger partial charge >= 0.3 is 0 Å². The summed E-state index contributed by atoms with van der Waals surface area (Å²) in [6.07, 6.45) is 2.07. The molecule has 0 atom stereocenters. The van der Waals surface area contributed by atoms with E-state index in [-0.39, 0.29) is 18.4 Å².